The van der Waals surface area contributed by atoms with Gasteiger partial charge in [-0.05, 0) is 31.5 Å². The molecule has 3 aromatic rings. The van der Waals surface area contributed by atoms with Gasteiger partial charge in [-0.2, -0.15) is 0 Å². The highest BCUT2D eigenvalue weighted by atomic mass is 19.1. The zero-order valence-electron chi connectivity index (χ0n) is 16.0. The van der Waals surface area contributed by atoms with Gasteiger partial charge < -0.3 is 10.2 Å². The Balaban J connectivity index is 1.87. The highest BCUT2D eigenvalue weighted by molar-refractivity contribution is 5.98. The van der Waals surface area contributed by atoms with Crippen LogP contribution in [-0.2, 0) is 6.54 Å². The average Bonchev–Trinajstić information content (AvgIpc) is 2.74. The summed E-state index contributed by atoms with van der Waals surface area (Å²) in [5.74, 6) is 0.627. The van der Waals surface area contributed by atoms with Crippen LogP contribution in [0.3, 0.4) is 0 Å². The monoisotopic (exact) mass is 378 g/mol. The predicted molar refractivity (Wildman–Crippen MR) is 109 cm³/mol. The number of carbonyl (C=O) groups is 1. The van der Waals surface area contributed by atoms with Gasteiger partial charge in [0, 0.05) is 31.4 Å². The van der Waals surface area contributed by atoms with Crippen LogP contribution in [0.2, 0.25) is 0 Å². The summed E-state index contributed by atoms with van der Waals surface area (Å²) in [6.07, 6.45) is 1.57. The number of benzene rings is 2. The van der Waals surface area contributed by atoms with Crippen molar-refractivity contribution in [3.63, 3.8) is 0 Å². The molecule has 0 aliphatic carbocycles. The van der Waals surface area contributed by atoms with E-state index in [4.69, 9.17) is 0 Å². The van der Waals surface area contributed by atoms with Crippen molar-refractivity contribution in [3.8, 4) is 11.4 Å². The van der Waals surface area contributed by atoms with Gasteiger partial charge in [0.2, 0.25) is 0 Å². The molecule has 0 unspecified atom stereocenters. The van der Waals surface area contributed by atoms with Crippen molar-refractivity contribution in [1.82, 2.24) is 15.3 Å². The lowest BCUT2D eigenvalue weighted by Crippen LogP contribution is -2.30. The van der Waals surface area contributed by atoms with Crippen LogP contribution in [-0.4, -0.2) is 29.0 Å². The Bertz CT molecular complexity index is 925. The molecule has 0 fully saturated rings. The SMILES string of the molecule is CCN(CC)c1nc(-c2ccccc2)ncc1C(=O)NCc1ccc(F)cc1. The highest BCUT2D eigenvalue weighted by Crippen LogP contribution is 2.22. The van der Waals surface area contributed by atoms with Gasteiger partial charge in [-0.3, -0.25) is 4.79 Å². The molecule has 0 aliphatic rings. The summed E-state index contributed by atoms with van der Waals surface area (Å²) < 4.78 is 13.0. The van der Waals surface area contributed by atoms with Crippen molar-refractivity contribution in [1.29, 1.82) is 0 Å². The molecule has 5 nitrogen and oxygen atoms in total. The lowest BCUT2D eigenvalue weighted by Gasteiger charge is -2.22. The smallest absolute Gasteiger partial charge is 0.256 e. The Morgan fingerprint density at radius 3 is 2.36 bits per heavy atom. The van der Waals surface area contributed by atoms with Gasteiger partial charge in [0.15, 0.2) is 5.82 Å². The number of amides is 1. The van der Waals surface area contributed by atoms with Crippen molar-refractivity contribution in [2.45, 2.75) is 20.4 Å². The van der Waals surface area contributed by atoms with Gasteiger partial charge in [0.1, 0.15) is 17.2 Å². The second-order valence-electron chi connectivity index (χ2n) is 6.28. The minimum absolute atomic E-state index is 0.258. The summed E-state index contributed by atoms with van der Waals surface area (Å²) in [7, 11) is 0. The summed E-state index contributed by atoms with van der Waals surface area (Å²) in [5, 5.41) is 2.87. The quantitative estimate of drug-likeness (QED) is 0.674. The van der Waals surface area contributed by atoms with Crippen molar-refractivity contribution in [3.05, 3.63) is 77.7 Å². The van der Waals surface area contributed by atoms with Gasteiger partial charge in [-0.25, -0.2) is 14.4 Å². The first-order valence-corrected chi connectivity index (χ1v) is 9.32. The zero-order chi connectivity index (χ0) is 19.9. The van der Waals surface area contributed by atoms with E-state index < -0.39 is 0 Å². The third-order valence-corrected chi connectivity index (χ3v) is 4.47. The van der Waals surface area contributed by atoms with Gasteiger partial charge in [0.05, 0.1) is 0 Å². The van der Waals surface area contributed by atoms with Crippen LogP contribution in [0.1, 0.15) is 29.8 Å². The van der Waals surface area contributed by atoms with Gasteiger partial charge in [0.25, 0.3) is 5.91 Å². The van der Waals surface area contributed by atoms with E-state index in [0.29, 0.717) is 23.8 Å². The fourth-order valence-corrected chi connectivity index (χ4v) is 2.90. The largest absolute Gasteiger partial charge is 0.356 e. The molecule has 1 aromatic heterocycles. The van der Waals surface area contributed by atoms with E-state index in [9.17, 15) is 9.18 Å². The van der Waals surface area contributed by atoms with Crippen LogP contribution in [0, 0.1) is 5.82 Å². The molecule has 0 radical (unpaired) electrons. The molecular formula is C22H23FN4O. The minimum atomic E-state index is -0.302. The van der Waals surface area contributed by atoms with E-state index in [1.165, 1.54) is 12.1 Å². The summed E-state index contributed by atoms with van der Waals surface area (Å²) in [5.41, 5.74) is 2.14. The molecular weight excluding hydrogens is 355 g/mol. The van der Waals surface area contributed by atoms with Crippen LogP contribution >= 0.6 is 0 Å². The number of hydrogen-bond donors (Lipinski definition) is 1. The normalized spacial score (nSPS) is 10.5. The first kappa shape index (κ1) is 19.5. The second-order valence-corrected chi connectivity index (χ2v) is 6.28. The topological polar surface area (TPSA) is 58.1 Å². The van der Waals surface area contributed by atoms with E-state index in [0.717, 1.165) is 24.2 Å². The van der Waals surface area contributed by atoms with Crippen LogP contribution < -0.4 is 10.2 Å². The first-order valence-electron chi connectivity index (χ1n) is 9.32. The molecule has 1 amide bonds. The molecule has 0 spiro atoms. The van der Waals surface area contributed by atoms with Crippen LogP contribution in [0.5, 0.6) is 0 Å². The Hall–Kier alpha value is -3.28. The summed E-state index contributed by atoms with van der Waals surface area (Å²) >= 11 is 0. The van der Waals surface area contributed by atoms with Gasteiger partial charge in [-0.15, -0.1) is 0 Å². The molecule has 0 atom stereocenters. The Labute approximate surface area is 164 Å². The number of anilines is 1. The number of nitrogens with one attached hydrogen (secondary N) is 1. The molecule has 0 saturated heterocycles. The van der Waals surface area contributed by atoms with Crippen LogP contribution in [0.25, 0.3) is 11.4 Å². The number of halogens is 1. The Morgan fingerprint density at radius 1 is 1.04 bits per heavy atom. The lowest BCUT2D eigenvalue weighted by molar-refractivity contribution is 0.0950. The zero-order valence-corrected chi connectivity index (χ0v) is 16.0. The number of nitrogens with zero attached hydrogens (tertiary/aromatic N) is 3. The molecule has 0 aliphatic heterocycles. The number of aromatic nitrogens is 2. The standard InChI is InChI=1S/C22H23FN4O/c1-3-27(4-2)21-19(15-24-20(26-21)17-8-6-5-7-9-17)22(28)25-14-16-10-12-18(23)13-11-16/h5-13,15H,3-4,14H2,1-2H3,(H,25,28). The molecule has 0 bridgehead atoms. The molecule has 1 heterocycles. The summed E-state index contributed by atoms with van der Waals surface area (Å²) in [6.45, 7) is 5.79. The van der Waals surface area contributed by atoms with Crippen LogP contribution in [0.15, 0.2) is 60.8 Å². The van der Waals surface area contributed by atoms with Crippen molar-refractivity contribution in [2.24, 2.45) is 0 Å². The molecule has 144 valence electrons. The maximum absolute atomic E-state index is 13.0. The maximum atomic E-state index is 13.0. The average molecular weight is 378 g/mol. The molecule has 28 heavy (non-hydrogen) atoms. The third-order valence-electron chi connectivity index (χ3n) is 4.47. The van der Waals surface area contributed by atoms with Gasteiger partial charge in [-0.1, -0.05) is 42.5 Å². The van der Waals surface area contributed by atoms with E-state index in [1.807, 2.05) is 49.1 Å². The van der Waals surface area contributed by atoms with Crippen LogP contribution in [0.4, 0.5) is 10.2 Å². The van der Waals surface area contributed by atoms with Crippen molar-refractivity contribution in [2.75, 3.05) is 18.0 Å². The van der Waals surface area contributed by atoms with E-state index in [1.54, 1.807) is 18.3 Å². The Morgan fingerprint density at radius 2 is 1.71 bits per heavy atom. The van der Waals surface area contributed by atoms with E-state index >= 15 is 0 Å². The van der Waals surface area contributed by atoms with Crippen molar-refractivity contribution < 1.29 is 9.18 Å². The molecule has 2 aromatic carbocycles. The van der Waals surface area contributed by atoms with Gasteiger partial charge >= 0.3 is 0 Å². The summed E-state index contributed by atoms with van der Waals surface area (Å²) in [4.78, 5) is 23.9. The maximum Gasteiger partial charge on any atom is 0.256 e. The number of hydrogen-bond acceptors (Lipinski definition) is 4. The van der Waals surface area contributed by atoms with E-state index in [-0.39, 0.29) is 11.7 Å². The fourth-order valence-electron chi connectivity index (χ4n) is 2.90. The second kappa shape index (κ2) is 9.08. The molecule has 1 N–H and O–H groups in total. The molecule has 6 heteroatoms. The van der Waals surface area contributed by atoms with E-state index in [2.05, 4.69) is 15.3 Å². The molecule has 0 saturated carbocycles. The number of carbonyl (C=O) groups excluding carboxylic acids is 1. The fraction of sp³-hybridized carbons (Fsp3) is 0.227. The lowest BCUT2D eigenvalue weighted by atomic mass is 10.2. The minimum Gasteiger partial charge on any atom is -0.356 e. The third kappa shape index (κ3) is 4.52. The number of rotatable bonds is 7. The molecule has 3 rings (SSSR count). The first-order chi connectivity index (χ1) is 13.6. The predicted octanol–water partition coefficient (Wildman–Crippen LogP) is 4.06. The highest BCUT2D eigenvalue weighted by Gasteiger charge is 2.19. The Kier molecular flexibility index (Phi) is 6.32. The summed E-state index contributed by atoms with van der Waals surface area (Å²) in [6, 6.07) is 15.7. The van der Waals surface area contributed by atoms with Crippen molar-refractivity contribution >= 4 is 11.7 Å².